The van der Waals surface area contributed by atoms with Crippen LogP contribution in [0.4, 0.5) is 0 Å². The van der Waals surface area contributed by atoms with Crippen molar-refractivity contribution in [1.29, 1.82) is 0 Å². The molecule has 0 spiro atoms. The van der Waals surface area contributed by atoms with Gasteiger partial charge in [0.2, 0.25) is 0 Å². The van der Waals surface area contributed by atoms with E-state index in [4.69, 9.17) is 5.73 Å². The number of hydrogen-bond donors (Lipinski definition) is 1. The molecule has 94 valence electrons. The minimum Gasteiger partial charge on any atom is -0.330 e. The molecule has 1 aromatic rings. The Kier molecular flexibility index (Phi) is 3.48. The van der Waals surface area contributed by atoms with E-state index in [-0.39, 0.29) is 0 Å². The summed E-state index contributed by atoms with van der Waals surface area (Å²) in [7, 11) is 0. The summed E-state index contributed by atoms with van der Waals surface area (Å²) < 4.78 is 0. The van der Waals surface area contributed by atoms with Crippen LogP contribution in [0.25, 0.3) is 0 Å². The molecule has 0 amide bonds. The Bertz CT molecular complexity index is 391. The van der Waals surface area contributed by atoms with E-state index in [1.54, 1.807) is 0 Å². The van der Waals surface area contributed by atoms with Gasteiger partial charge in [-0.2, -0.15) is 0 Å². The molecule has 1 saturated carbocycles. The summed E-state index contributed by atoms with van der Waals surface area (Å²) in [4.78, 5) is 9.36. The first-order chi connectivity index (χ1) is 8.02. The average molecular weight is 233 g/mol. The van der Waals surface area contributed by atoms with Crippen LogP contribution < -0.4 is 5.73 Å². The second kappa shape index (κ2) is 4.73. The average Bonchev–Trinajstić information content (AvgIpc) is 3.00. The summed E-state index contributed by atoms with van der Waals surface area (Å²) in [6.07, 6.45) is 2.24. The molecular formula is C14H23N3. The van der Waals surface area contributed by atoms with E-state index in [0.717, 1.165) is 36.1 Å². The van der Waals surface area contributed by atoms with Crippen molar-refractivity contribution in [1.82, 2.24) is 9.97 Å². The third-order valence-electron chi connectivity index (χ3n) is 3.83. The molecule has 1 aromatic heterocycles. The van der Waals surface area contributed by atoms with Crippen LogP contribution >= 0.6 is 0 Å². The first kappa shape index (κ1) is 12.5. The van der Waals surface area contributed by atoms with Gasteiger partial charge in [0.25, 0.3) is 0 Å². The predicted molar refractivity (Wildman–Crippen MR) is 70.0 cm³/mol. The van der Waals surface area contributed by atoms with Gasteiger partial charge < -0.3 is 5.73 Å². The minimum absolute atomic E-state index is 0.502. The number of hydrogen-bond acceptors (Lipinski definition) is 3. The molecule has 17 heavy (non-hydrogen) atoms. The Morgan fingerprint density at radius 1 is 1.29 bits per heavy atom. The van der Waals surface area contributed by atoms with Crippen LogP contribution in [0.1, 0.15) is 49.0 Å². The molecule has 0 saturated heterocycles. The van der Waals surface area contributed by atoms with Gasteiger partial charge in [-0.15, -0.1) is 0 Å². The van der Waals surface area contributed by atoms with Gasteiger partial charge in [0.05, 0.1) is 0 Å². The zero-order valence-corrected chi connectivity index (χ0v) is 11.3. The predicted octanol–water partition coefficient (Wildman–Crippen LogP) is 2.35. The van der Waals surface area contributed by atoms with Gasteiger partial charge >= 0.3 is 0 Å². The van der Waals surface area contributed by atoms with Crippen molar-refractivity contribution in [3.8, 4) is 0 Å². The number of nitrogens with zero attached hydrogens (tertiary/aromatic N) is 2. The molecule has 0 bridgehead atoms. The fraction of sp³-hybridized carbons (Fsp3) is 0.714. The number of rotatable bonds is 4. The van der Waals surface area contributed by atoms with Gasteiger partial charge in [-0.1, -0.05) is 13.8 Å². The highest BCUT2D eigenvalue weighted by Crippen LogP contribution is 2.45. The molecule has 0 radical (unpaired) electrons. The van der Waals surface area contributed by atoms with Gasteiger partial charge in [-0.3, -0.25) is 0 Å². The first-order valence-corrected chi connectivity index (χ1v) is 6.57. The molecule has 3 unspecified atom stereocenters. The summed E-state index contributed by atoms with van der Waals surface area (Å²) in [6.45, 7) is 9.37. The van der Waals surface area contributed by atoms with E-state index in [2.05, 4.69) is 37.7 Å². The second-order valence-corrected chi connectivity index (χ2v) is 5.60. The normalized spacial score (nSPS) is 24.8. The molecular weight excluding hydrogens is 210 g/mol. The molecule has 1 aliphatic carbocycles. The van der Waals surface area contributed by atoms with Crippen LogP contribution in [0.3, 0.4) is 0 Å². The third kappa shape index (κ3) is 2.65. The van der Waals surface area contributed by atoms with Crippen molar-refractivity contribution >= 4 is 0 Å². The molecule has 3 heteroatoms. The van der Waals surface area contributed by atoms with Crippen LogP contribution in [0, 0.1) is 25.7 Å². The Labute approximate surface area is 104 Å². The highest BCUT2D eigenvalue weighted by Gasteiger charge is 2.36. The highest BCUT2D eigenvalue weighted by molar-refractivity contribution is 5.27. The molecule has 2 N–H and O–H groups in total. The van der Waals surface area contributed by atoms with Gasteiger partial charge in [0.15, 0.2) is 0 Å². The Morgan fingerprint density at radius 2 is 1.82 bits per heavy atom. The summed E-state index contributed by atoms with van der Waals surface area (Å²) in [5.74, 6) is 2.93. The van der Waals surface area contributed by atoms with Crippen LogP contribution in [-0.2, 0) is 6.42 Å². The molecule has 1 heterocycles. The lowest BCUT2D eigenvalue weighted by Gasteiger charge is -2.14. The van der Waals surface area contributed by atoms with Crippen molar-refractivity contribution in [3.63, 3.8) is 0 Å². The quantitative estimate of drug-likeness (QED) is 0.868. The second-order valence-electron chi connectivity index (χ2n) is 5.60. The van der Waals surface area contributed by atoms with E-state index in [1.807, 2.05) is 0 Å². The van der Waals surface area contributed by atoms with E-state index in [1.165, 1.54) is 12.0 Å². The Morgan fingerprint density at radius 3 is 2.24 bits per heavy atom. The minimum atomic E-state index is 0.502. The number of aryl methyl sites for hydroxylation is 2. The van der Waals surface area contributed by atoms with Crippen LogP contribution in [0.15, 0.2) is 0 Å². The maximum Gasteiger partial charge on any atom is 0.132 e. The van der Waals surface area contributed by atoms with Crippen LogP contribution in [-0.4, -0.2) is 16.5 Å². The fourth-order valence-electron chi connectivity index (χ4n) is 2.34. The maximum atomic E-state index is 5.69. The van der Waals surface area contributed by atoms with Crippen molar-refractivity contribution in [2.45, 2.75) is 46.5 Å². The number of nitrogens with two attached hydrogens (primary N) is 1. The lowest BCUT2D eigenvalue weighted by molar-refractivity contribution is 0.584. The van der Waals surface area contributed by atoms with Crippen molar-refractivity contribution < 1.29 is 0 Å². The lowest BCUT2D eigenvalue weighted by Crippen LogP contribution is -2.16. The van der Waals surface area contributed by atoms with Crippen molar-refractivity contribution in [3.05, 3.63) is 22.8 Å². The van der Waals surface area contributed by atoms with Crippen molar-refractivity contribution in [2.75, 3.05) is 6.54 Å². The smallest absolute Gasteiger partial charge is 0.132 e. The van der Waals surface area contributed by atoms with Gasteiger partial charge in [0.1, 0.15) is 5.82 Å². The zero-order chi connectivity index (χ0) is 12.6. The third-order valence-corrected chi connectivity index (χ3v) is 3.83. The van der Waals surface area contributed by atoms with Crippen LogP contribution in [0.2, 0.25) is 0 Å². The molecule has 3 nitrogen and oxygen atoms in total. The monoisotopic (exact) mass is 233 g/mol. The summed E-state index contributed by atoms with van der Waals surface area (Å²) in [6, 6.07) is 0. The maximum absolute atomic E-state index is 5.69. The fourth-order valence-corrected chi connectivity index (χ4v) is 2.34. The van der Waals surface area contributed by atoms with Gasteiger partial charge in [0, 0.05) is 17.3 Å². The van der Waals surface area contributed by atoms with Gasteiger partial charge in [-0.25, -0.2) is 9.97 Å². The standard InChI is InChI=1S/C14H23N3/c1-8(7-15)5-13-10(3)16-14(17-11(13)4)12-6-9(12)2/h8-9,12H,5-7,15H2,1-4H3. The zero-order valence-electron chi connectivity index (χ0n) is 11.3. The Balaban J connectivity index is 2.23. The SMILES string of the molecule is Cc1nc(C2CC2C)nc(C)c1CC(C)CN. The highest BCUT2D eigenvalue weighted by atomic mass is 14.9. The summed E-state index contributed by atoms with van der Waals surface area (Å²) in [5, 5.41) is 0. The topological polar surface area (TPSA) is 51.8 Å². The van der Waals surface area contributed by atoms with Gasteiger partial charge in [-0.05, 0) is 50.6 Å². The molecule has 3 atom stereocenters. The molecule has 2 rings (SSSR count). The molecule has 1 aliphatic rings. The van der Waals surface area contributed by atoms with E-state index in [0.29, 0.717) is 11.8 Å². The first-order valence-electron chi connectivity index (χ1n) is 6.57. The number of aromatic nitrogens is 2. The molecule has 0 aliphatic heterocycles. The van der Waals surface area contributed by atoms with E-state index < -0.39 is 0 Å². The van der Waals surface area contributed by atoms with E-state index >= 15 is 0 Å². The van der Waals surface area contributed by atoms with E-state index in [9.17, 15) is 0 Å². The summed E-state index contributed by atoms with van der Waals surface area (Å²) in [5.41, 5.74) is 9.27. The Hall–Kier alpha value is -0.960. The molecule has 0 aromatic carbocycles. The largest absolute Gasteiger partial charge is 0.330 e. The lowest BCUT2D eigenvalue weighted by atomic mass is 9.99. The van der Waals surface area contributed by atoms with Crippen molar-refractivity contribution in [2.24, 2.45) is 17.6 Å². The molecule has 1 fully saturated rings. The van der Waals surface area contributed by atoms with Crippen LogP contribution in [0.5, 0.6) is 0 Å². The summed E-state index contributed by atoms with van der Waals surface area (Å²) >= 11 is 0.